The van der Waals surface area contributed by atoms with E-state index in [1.807, 2.05) is 49.5 Å². The van der Waals surface area contributed by atoms with E-state index in [1.165, 1.54) is 5.56 Å². The zero-order chi connectivity index (χ0) is 12.8. The molecular formula is C15H16ClNO. The van der Waals surface area contributed by atoms with Crippen molar-refractivity contribution >= 4 is 11.6 Å². The second kappa shape index (κ2) is 6.43. The van der Waals surface area contributed by atoms with Gasteiger partial charge in [-0.25, -0.2) is 0 Å². The van der Waals surface area contributed by atoms with E-state index in [9.17, 15) is 0 Å². The fraction of sp³-hybridized carbons (Fsp3) is 0.200. The average Bonchev–Trinajstić information content (AvgIpc) is 2.39. The molecule has 0 fully saturated rings. The maximum absolute atomic E-state index is 6.08. The Labute approximate surface area is 113 Å². The van der Waals surface area contributed by atoms with Crippen molar-refractivity contribution in [3.8, 4) is 5.75 Å². The second-order valence-electron chi connectivity index (χ2n) is 4.06. The molecule has 0 unspecified atom stereocenters. The fourth-order valence-corrected chi connectivity index (χ4v) is 1.92. The minimum absolute atomic E-state index is 0.489. The topological polar surface area (TPSA) is 21.3 Å². The van der Waals surface area contributed by atoms with Gasteiger partial charge in [0.05, 0.1) is 0 Å². The van der Waals surface area contributed by atoms with E-state index in [1.54, 1.807) is 0 Å². The van der Waals surface area contributed by atoms with Crippen LogP contribution < -0.4 is 10.1 Å². The van der Waals surface area contributed by atoms with Crippen molar-refractivity contribution in [2.45, 2.75) is 13.2 Å². The van der Waals surface area contributed by atoms with Crippen molar-refractivity contribution < 1.29 is 4.74 Å². The summed E-state index contributed by atoms with van der Waals surface area (Å²) in [5, 5.41) is 3.86. The predicted octanol–water partition coefficient (Wildman–Crippen LogP) is 3.64. The summed E-state index contributed by atoms with van der Waals surface area (Å²) in [4.78, 5) is 0. The zero-order valence-corrected chi connectivity index (χ0v) is 11.1. The summed E-state index contributed by atoms with van der Waals surface area (Å²) < 4.78 is 5.75. The van der Waals surface area contributed by atoms with Crippen LogP contribution in [0.25, 0.3) is 0 Å². The lowest BCUT2D eigenvalue weighted by molar-refractivity contribution is 0.306. The van der Waals surface area contributed by atoms with Gasteiger partial charge in [-0.1, -0.05) is 41.9 Å². The van der Waals surface area contributed by atoms with Gasteiger partial charge in [0.15, 0.2) is 0 Å². The molecule has 0 saturated carbocycles. The molecule has 0 spiro atoms. The highest BCUT2D eigenvalue weighted by molar-refractivity contribution is 6.31. The molecule has 0 bridgehead atoms. The first-order chi connectivity index (χ1) is 8.79. The van der Waals surface area contributed by atoms with E-state index in [4.69, 9.17) is 16.3 Å². The lowest BCUT2D eigenvalue weighted by Crippen LogP contribution is -2.05. The number of ether oxygens (including phenoxy) is 1. The van der Waals surface area contributed by atoms with Crippen molar-refractivity contribution in [3.05, 3.63) is 64.7 Å². The van der Waals surface area contributed by atoms with E-state index in [2.05, 4.69) is 11.4 Å². The lowest BCUT2D eigenvalue weighted by Gasteiger charge is -2.09. The molecule has 1 N–H and O–H groups in total. The van der Waals surface area contributed by atoms with Gasteiger partial charge in [0, 0.05) is 17.1 Å². The van der Waals surface area contributed by atoms with Crippen molar-refractivity contribution in [2.75, 3.05) is 7.05 Å². The number of benzene rings is 2. The van der Waals surface area contributed by atoms with E-state index >= 15 is 0 Å². The Balaban J connectivity index is 2.02. The molecule has 0 amide bonds. The first-order valence-electron chi connectivity index (χ1n) is 5.89. The highest BCUT2D eigenvalue weighted by atomic mass is 35.5. The van der Waals surface area contributed by atoms with Crippen LogP contribution in [0.2, 0.25) is 5.02 Å². The normalized spacial score (nSPS) is 10.3. The van der Waals surface area contributed by atoms with Crippen molar-refractivity contribution in [1.29, 1.82) is 0 Å². The van der Waals surface area contributed by atoms with Gasteiger partial charge < -0.3 is 10.1 Å². The Morgan fingerprint density at radius 3 is 2.72 bits per heavy atom. The molecule has 0 aromatic heterocycles. The smallest absolute Gasteiger partial charge is 0.120 e. The number of nitrogens with one attached hydrogen (secondary N) is 1. The van der Waals surface area contributed by atoms with Crippen LogP contribution in [0, 0.1) is 0 Å². The number of hydrogen-bond acceptors (Lipinski definition) is 2. The first kappa shape index (κ1) is 12.9. The van der Waals surface area contributed by atoms with Crippen LogP contribution in [0.4, 0.5) is 0 Å². The van der Waals surface area contributed by atoms with Gasteiger partial charge in [-0.15, -0.1) is 0 Å². The minimum atomic E-state index is 0.489. The molecule has 0 heterocycles. The zero-order valence-electron chi connectivity index (χ0n) is 10.3. The summed E-state index contributed by atoms with van der Waals surface area (Å²) in [6.45, 7) is 1.33. The van der Waals surface area contributed by atoms with Gasteiger partial charge in [0.25, 0.3) is 0 Å². The Kier molecular flexibility index (Phi) is 4.62. The van der Waals surface area contributed by atoms with E-state index < -0.39 is 0 Å². The van der Waals surface area contributed by atoms with Crippen LogP contribution >= 0.6 is 11.6 Å². The molecule has 3 heteroatoms. The van der Waals surface area contributed by atoms with Crippen LogP contribution in [0.5, 0.6) is 5.75 Å². The average molecular weight is 262 g/mol. The van der Waals surface area contributed by atoms with Gasteiger partial charge in [-0.05, 0) is 30.8 Å². The Morgan fingerprint density at radius 1 is 1.11 bits per heavy atom. The van der Waals surface area contributed by atoms with Crippen LogP contribution in [-0.2, 0) is 13.2 Å². The first-order valence-corrected chi connectivity index (χ1v) is 6.27. The third-order valence-corrected chi connectivity index (χ3v) is 3.00. The van der Waals surface area contributed by atoms with Crippen LogP contribution in [0.15, 0.2) is 48.5 Å². The van der Waals surface area contributed by atoms with Crippen molar-refractivity contribution in [2.24, 2.45) is 0 Å². The largest absolute Gasteiger partial charge is 0.489 e. The monoisotopic (exact) mass is 261 g/mol. The molecule has 0 saturated heterocycles. The fourth-order valence-electron chi connectivity index (χ4n) is 1.73. The quantitative estimate of drug-likeness (QED) is 0.887. The maximum atomic E-state index is 6.08. The molecule has 2 rings (SSSR count). The van der Waals surface area contributed by atoms with Gasteiger partial charge in [-0.2, -0.15) is 0 Å². The molecule has 18 heavy (non-hydrogen) atoms. The maximum Gasteiger partial charge on any atom is 0.120 e. The summed E-state index contributed by atoms with van der Waals surface area (Å²) in [5.74, 6) is 0.864. The van der Waals surface area contributed by atoms with Gasteiger partial charge in [-0.3, -0.25) is 0 Å². The third-order valence-electron chi connectivity index (χ3n) is 2.63. The number of halogens is 1. The molecule has 0 aliphatic heterocycles. The Morgan fingerprint density at radius 2 is 1.94 bits per heavy atom. The summed E-state index contributed by atoms with van der Waals surface area (Å²) in [7, 11) is 1.93. The number of rotatable bonds is 5. The van der Waals surface area contributed by atoms with Crippen molar-refractivity contribution in [3.63, 3.8) is 0 Å². The van der Waals surface area contributed by atoms with E-state index in [0.29, 0.717) is 6.61 Å². The van der Waals surface area contributed by atoms with Gasteiger partial charge in [0.2, 0.25) is 0 Å². The third kappa shape index (κ3) is 3.49. The molecule has 0 atom stereocenters. The Hall–Kier alpha value is -1.51. The van der Waals surface area contributed by atoms with Crippen LogP contribution in [0.1, 0.15) is 11.1 Å². The molecule has 2 nitrogen and oxygen atoms in total. The van der Waals surface area contributed by atoms with Crippen LogP contribution in [0.3, 0.4) is 0 Å². The summed E-state index contributed by atoms with van der Waals surface area (Å²) in [6, 6.07) is 15.8. The molecule has 94 valence electrons. The summed E-state index contributed by atoms with van der Waals surface area (Å²) in [6.07, 6.45) is 0. The highest BCUT2D eigenvalue weighted by Gasteiger charge is 2.01. The predicted molar refractivity (Wildman–Crippen MR) is 75.0 cm³/mol. The lowest BCUT2D eigenvalue weighted by atomic mass is 10.2. The van der Waals surface area contributed by atoms with E-state index in [-0.39, 0.29) is 0 Å². The molecule has 2 aromatic carbocycles. The SMILES string of the molecule is CNCc1cccc(OCc2ccccc2Cl)c1. The second-order valence-corrected chi connectivity index (χ2v) is 4.47. The van der Waals surface area contributed by atoms with Gasteiger partial charge >= 0.3 is 0 Å². The molecule has 2 aromatic rings. The standard InChI is InChI=1S/C15H16ClNO/c1-17-10-12-5-4-7-14(9-12)18-11-13-6-2-3-8-15(13)16/h2-9,17H,10-11H2,1H3. The minimum Gasteiger partial charge on any atom is -0.489 e. The highest BCUT2D eigenvalue weighted by Crippen LogP contribution is 2.19. The molecular weight excluding hydrogens is 246 g/mol. The molecule has 0 aliphatic rings. The van der Waals surface area contributed by atoms with E-state index in [0.717, 1.165) is 22.9 Å². The molecule has 0 radical (unpaired) electrons. The van der Waals surface area contributed by atoms with Crippen molar-refractivity contribution in [1.82, 2.24) is 5.32 Å². The summed E-state index contributed by atoms with van der Waals surface area (Å²) >= 11 is 6.08. The van der Waals surface area contributed by atoms with Gasteiger partial charge in [0.1, 0.15) is 12.4 Å². The molecule has 0 aliphatic carbocycles. The summed E-state index contributed by atoms with van der Waals surface area (Å²) in [5.41, 5.74) is 2.20. The van der Waals surface area contributed by atoms with Crippen LogP contribution in [-0.4, -0.2) is 7.05 Å². The Bertz CT molecular complexity index is 513. The number of hydrogen-bond donors (Lipinski definition) is 1.